The lowest BCUT2D eigenvalue weighted by molar-refractivity contribution is 1.40. The molecule has 0 fully saturated rings. The first-order valence-electron chi connectivity index (χ1n) is 7.42. The van der Waals surface area contributed by atoms with Crippen LogP contribution in [0.2, 0.25) is 0 Å². The second kappa shape index (κ2) is 5.45. The van der Waals surface area contributed by atoms with Crippen molar-refractivity contribution in [3.8, 4) is 22.3 Å². The van der Waals surface area contributed by atoms with Crippen molar-refractivity contribution in [1.29, 1.82) is 0 Å². The lowest BCUT2D eigenvalue weighted by Gasteiger charge is -2.13. The summed E-state index contributed by atoms with van der Waals surface area (Å²) in [6.07, 6.45) is 1.99. The second-order valence-electron chi connectivity index (χ2n) is 5.30. The summed E-state index contributed by atoms with van der Waals surface area (Å²) in [6.45, 7) is 0. The normalized spacial score (nSPS) is 10.7. The standard InChI is InChI=1S/C21H15N/c1-3-9-16(10-4-1)19-15-22-20-14-8-7-13-18(20)21(19)17-11-5-2-6-12-17/h1-15H. The van der Waals surface area contributed by atoms with Gasteiger partial charge in [-0.25, -0.2) is 0 Å². The lowest BCUT2D eigenvalue weighted by Crippen LogP contribution is -1.90. The maximum absolute atomic E-state index is 4.64. The number of nitrogens with zero attached hydrogens (tertiary/aromatic N) is 1. The Morgan fingerprint density at radius 1 is 0.545 bits per heavy atom. The summed E-state index contributed by atoms with van der Waals surface area (Å²) in [5.41, 5.74) is 5.86. The molecular weight excluding hydrogens is 266 g/mol. The van der Waals surface area contributed by atoms with Gasteiger partial charge in [0.1, 0.15) is 0 Å². The Hall–Kier alpha value is -2.93. The first-order chi connectivity index (χ1) is 10.9. The zero-order valence-corrected chi connectivity index (χ0v) is 12.1. The van der Waals surface area contributed by atoms with Crippen LogP contribution in [-0.2, 0) is 0 Å². The molecule has 0 N–H and O–H groups in total. The van der Waals surface area contributed by atoms with Gasteiger partial charge in [0.05, 0.1) is 5.52 Å². The Labute approximate surface area is 129 Å². The van der Waals surface area contributed by atoms with E-state index in [9.17, 15) is 0 Å². The lowest BCUT2D eigenvalue weighted by atomic mass is 9.93. The number of hydrogen-bond donors (Lipinski definition) is 0. The molecule has 3 aromatic carbocycles. The molecule has 1 nitrogen and oxygen atoms in total. The average Bonchev–Trinajstić information content (AvgIpc) is 2.62. The highest BCUT2D eigenvalue weighted by molar-refractivity contribution is 6.01. The van der Waals surface area contributed by atoms with E-state index >= 15 is 0 Å². The fourth-order valence-corrected chi connectivity index (χ4v) is 2.89. The summed E-state index contributed by atoms with van der Waals surface area (Å²) in [6, 6.07) is 29.3. The fourth-order valence-electron chi connectivity index (χ4n) is 2.89. The van der Waals surface area contributed by atoms with Crippen LogP contribution in [0, 0.1) is 0 Å². The summed E-state index contributed by atoms with van der Waals surface area (Å²) >= 11 is 0. The molecule has 0 saturated heterocycles. The van der Waals surface area contributed by atoms with Crippen molar-refractivity contribution in [1.82, 2.24) is 4.98 Å². The van der Waals surface area contributed by atoms with Gasteiger partial charge in [-0.3, -0.25) is 4.98 Å². The minimum Gasteiger partial charge on any atom is -0.256 e. The summed E-state index contributed by atoms with van der Waals surface area (Å²) < 4.78 is 0. The number of benzene rings is 3. The highest BCUT2D eigenvalue weighted by Gasteiger charge is 2.11. The first kappa shape index (κ1) is 12.8. The molecule has 104 valence electrons. The van der Waals surface area contributed by atoms with Crippen LogP contribution < -0.4 is 0 Å². The molecule has 22 heavy (non-hydrogen) atoms. The molecule has 4 aromatic rings. The van der Waals surface area contributed by atoms with Crippen LogP contribution >= 0.6 is 0 Å². The van der Waals surface area contributed by atoms with Gasteiger partial charge in [0.15, 0.2) is 0 Å². The number of rotatable bonds is 2. The van der Waals surface area contributed by atoms with Gasteiger partial charge in [-0.15, -0.1) is 0 Å². The number of para-hydroxylation sites is 1. The van der Waals surface area contributed by atoms with Crippen molar-refractivity contribution in [3.63, 3.8) is 0 Å². The van der Waals surface area contributed by atoms with Gasteiger partial charge in [0, 0.05) is 22.7 Å². The quantitative estimate of drug-likeness (QED) is 0.468. The van der Waals surface area contributed by atoms with Crippen molar-refractivity contribution >= 4 is 10.9 Å². The highest BCUT2D eigenvalue weighted by Crippen LogP contribution is 2.36. The Balaban J connectivity index is 2.09. The van der Waals surface area contributed by atoms with E-state index in [-0.39, 0.29) is 0 Å². The van der Waals surface area contributed by atoms with Crippen molar-refractivity contribution in [2.45, 2.75) is 0 Å². The number of hydrogen-bond acceptors (Lipinski definition) is 1. The molecule has 4 rings (SSSR count). The third-order valence-electron chi connectivity index (χ3n) is 3.92. The molecule has 0 radical (unpaired) electrons. The van der Waals surface area contributed by atoms with Crippen LogP contribution in [0.3, 0.4) is 0 Å². The molecule has 0 aliphatic heterocycles. The van der Waals surface area contributed by atoms with E-state index in [1.807, 2.05) is 18.3 Å². The van der Waals surface area contributed by atoms with Crippen molar-refractivity contribution in [3.05, 3.63) is 91.1 Å². The Kier molecular flexibility index (Phi) is 3.17. The van der Waals surface area contributed by atoms with Crippen LogP contribution in [0.1, 0.15) is 0 Å². The molecule has 0 spiro atoms. The molecule has 0 saturated carbocycles. The van der Waals surface area contributed by atoms with Gasteiger partial charge in [0.2, 0.25) is 0 Å². The van der Waals surface area contributed by atoms with Gasteiger partial charge in [-0.2, -0.15) is 0 Å². The number of pyridine rings is 1. The van der Waals surface area contributed by atoms with Crippen molar-refractivity contribution in [2.75, 3.05) is 0 Å². The molecule has 0 unspecified atom stereocenters. The summed E-state index contributed by atoms with van der Waals surface area (Å²) in [5.74, 6) is 0. The van der Waals surface area contributed by atoms with Gasteiger partial charge < -0.3 is 0 Å². The molecular formula is C21H15N. The van der Waals surface area contributed by atoms with Crippen molar-refractivity contribution < 1.29 is 0 Å². The van der Waals surface area contributed by atoms with E-state index in [1.54, 1.807) is 0 Å². The Bertz CT molecular complexity index is 912. The zero-order chi connectivity index (χ0) is 14.8. The SMILES string of the molecule is c1ccc(-c2cnc3ccccc3c2-c2ccccc2)cc1. The van der Waals surface area contributed by atoms with Crippen LogP contribution in [0.25, 0.3) is 33.2 Å². The van der Waals surface area contributed by atoms with Gasteiger partial charge >= 0.3 is 0 Å². The van der Waals surface area contributed by atoms with Crippen LogP contribution in [0.15, 0.2) is 91.1 Å². The minimum atomic E-state index is 1.03. The molecule has 0 aliphatic rings. The monoisotopic (exact) mass is 281 g/mol. The minimum absolute atomic E-state index is 1.03. The maximum atomic E-state index is 4.64. The van der Waals surface area contributed by atoms with Gasteiger partial charge in [-0.05, 0) is 17.2 Å². The predicted molar refractivity (Wildman–Crippen MR) is 92.6 cm³/mol. The molecule has 0 amide bonds. The smallest absolute Gasteiger partial charge is 0.0708 e. The van der Waals surface area contributed by atoms with Gasteiger partial charge in [-0.1, -0.05) is 78.9 Å². The highest BCUT2D eigenvalue weighted by atomic mass is 14.7. The predicted octanol–water partition coefficient (Wildman–Crippen LogP) is 5.57. The van der Waals surface area contributed by atoms with Gasteiger partial charge in [0.25, 0.3) is 0 Å². The number of aromatic nitrogens is 1. The van der Waals surface area contributed by atoms with E-state index in [0.717, 1.165) is 5.52 Å². The average molecular weight is 281 g/mol. The largest absolute Gasteiger partial charge is 0.256 e. The van der Waals surface area contributed by atoms with Crippen LogP contribution in [0.5, 0.6) is 0 Å². The van der Waals surface area contributed by atoms with Crippen LogP contribution in [-0.4, -0.2) is 4.98 Å². The molecule has 1 heterocycles. The second-order valence-corrected chi connectivity index (χ2v) is 5.30. The Morgan fingerprint density at radius 2 is 1.14 bits per heavy atom. The van der Waals surface area contributed by atoms with E-state index in [2.05, 4.69) is 77.8 Å². The molecule has 1 aromatic heterocycles. The zero-order valence-electron chi connectivity index (χ0n) is 12.1. The third-order valence-corrected chi connectivity index (χ3v) is 3.92. The third kappa shape index (κ3) is 2.17. The summed E-state index contributed by atoms with van der Waals surface area (Å²) in [5, 5.41) is 1.19. The fraction of sp³-hybridized carbons (Fsp3) is 0. The summed E-state index contributed by atoms with van der Waals surface area (Å²) in [7, 11) is 0. The number of fused-ring (bicyclic) bond motifs is 1. The van der Waals surface area contributed by atoms with E-state index in [4.69, 9.17) is 0 Å². The van der Waals surface area contributed by atoms with Crippen LogP contribution in [0.4, 0.5) is 0 Å². The topological polar surface area (TPSA) is 12.9 Å². The Morgan fingerprint density at radius 3 is 1.86 bits per heavy atom. The maximum Gasteiger partial charge on any atom is 0.0708 e. The van der Waals surface area contributed by atoms with Crippen molar-refractivity contribution in [2.24, 2.45) is 0 Å². The van der Waals surface area contributed by atoms with E-state index in [0.29, 0.717) is 0 Å². The first-order valence-corrected chi connectivity index (χ1v) is 7.42. The molecule has 0 aliphatic carbocycles. The van der Waals surface area contributed by atoms with E-state index in [1.165, 1.54) is 27.6 Å². The molecule has 0 atom stereocenters. The molecule has 1 heteroatoms. The van der Waals surface area contributed by atoms with E-state index < -0.39 is 0 Å². The molecule has 0 bridgehead atoms. The summed E-state index contributed by atoms with van der Waals surface area (Å²) in [4.78, 5) is 4.64.